The molecule has 6 heteroatoms. The Morgan fingerprint density at radius 1 is 0.900 bits per heavy atom. The molecule has 1 N–H and O–H groups in total. The number of hydrogen-bond acceptors (Lipinski definition) is 6. The Balaban J connectivity index is 2.05. The largest absolute Gasteiger partial charge is 0.467 e. The molecule has 20 heavy (non-hydrogen) atoms. The van der Waals surface area contributed by atoms with Gasteiger partial charge in [0.25, 0.3) is 0 Å². The van der Waals surface area contributed by atoms with Crippen LogP contribution < -0.4 is 14.8 Å². The molecular formula is C14H18N4O2. The first-order valence-electron chi connectivity index (χ1n) is 6.41. The molecule has 0 aliphatic rings. The zero-order valence-electron chi connectivity index (χ0n) is 11.9. The maximum atomic E-state index is 5.00. The van der Waals surface area contributed by atoms with E-state index in [-0.39, 0.29) is 12.0 Å². The van der Waals surface area contributed by atoms with E-state index in [0.717, 1.165) is 12.0 Å². The Kier molecular flexibility index (Phi) is 4.70. The molecule has 0 saturated carbocycles. The van der Waals surface area contributed by atoms with Crippen LogP contribution in [-0.2, 0) is 13.0 Å². The maximum absolute atomic E-state index is 5.00. The summed E-state index contributed by atoms with van der Waals surface area (Å²) in [5.41, 5.74) is 2.47. The van der Waals surface area contributed by atoms with E-state index in [1.165, 1.54) is 19.8 Å². The fourth-order valence-electron chi connectivity index (χ4n) is 1.67. The van der Waals surface area contributed by atoms with Crippen LogP contribution in [0.15, 0.2) is 24.3 Å². The lowest BCUT2D eigenvalue weighted by Crippen LogP contribution is -2.07. The molecule has 0 saturated heterocycles. The number of rotatable bonds is 6. The van der Waals surface area contributed by atoms with Gasteiger partial charge in [0.2, 0.25) is 5.95 Å². The predicted octanol–water partition coefficient (Wildman–Crippen LogP) is 2.06. The van der Waals surface area contributed by atoms with Crippen LogP contribution in [0.25, 0.3) is 0 Å². The molecule has 1 aromatic carbocycles. The van der Waals surface area contributed by atoms with Gasteiger partial charge in [-0.05, 0) is 17.5 Å². The third-order valence-electron chi connectivity index (χ3n) is 2.84. The third kappa shape index (κ3) is 3.57. The van der Waals surface area contributed by atoms with E-state index < -0.39 is 0 Å². The van der Waals surface area contributed by atoms with Crippen molar-refractivity contribution in [1.29, 1.82) is 0 Å². The van der Waals surface area contributed by atoms with Crippen LogP contribution in [0.1, 0.15) is 18.1 Å². The van der Waals surface area contributed by atoms with Crippen molar-refractivity contribution in [2.24, 2.45) is 0 Å². The van der Waals surface area contributed by atoms with Crippen LogP contribution in [0.4, 0.5) is 5.95 Å². The summed E-state index contributed by atoms with van der Waals surface area (Å²) in [6, 6.07) is 8.85. The normalized spacial score (nSPS) is 10.2. The van der Waals surface area contributed by atoms with Gasteiger partial charge in [-0.15, -0.1) is 4.98 Å². The molecule has 0 spiro atoms. The van der Waals surface area contributed by atoms with Crippen LogP contribution >= 0.6 is 0 Å². The van der Waals surface area contributed by atoms with Gasteiger partial charge in [-0.2, -0.15) is 9.97 Å². The van der Waals surface area contributed by atoms with Crippen LogP contribution in [0.5, 0.6) is 12.0 Å². The molecule has 0 bridgehead atoms. The molecule has 0 atom stereocenters. The number of aryl methyl sites for hydroxylation is 1. The summed E-state index contributed by atoms with van der Waals surface area (Å²) in [4.78, 5) is 12.2. The SMILES string of the molecule is CCc1ccc(CNc2nc(OC)nc(OC)n2)cc1. The fourth-order valence-corrected chi connectivity index (χ4v) is 1.67. The van der Waals surface area contributed by atoms with Gasteiger partial charge in [0.15, 0.2) is 0 Å². The van der Waals surface area contributed by atoms with E-state index in [2.05, 4.69) is 51.5 Å². The Labute approximate surface area is 118 Å². The first kappa shape index (κ1) is 14.0. The zero-order valence-corrected chi connectivity index (χ0v) is 11.9. The quantitative estimate of drug-likeness (QED) is 0.869. The van der Waals surface area contributed by atoms with Crippen LogP contribution in [0.2, 0.25) is 0 Å². The Morgan fingerprint density at radius 2 is 1.45 bits per heavy atom. The molecule has 0 unspecified atom stereocenters. The summed E-state index contributed by atoms with van der Waals surface area (Å²) < 4.78 is 9.99. The Hall–Kier alpha value is -2.37. The van der Waals surface area contributed by atoms with Crippen LogP contribution in [0.3, 0.4) is 0 Å². The zero-order chi connectivity index (χ0) is 14.4. The minimum Gasteiger partial charge on any atom is -0.467 e. The highest BCUT2D eigenvalue weighted by Crippen LogP contribution is 2.13. The number of anilines is 1. The first-order valence-corrected chi connectivity index (χ1v) is 6.41. The molecule has 0 aliphatic carbocycles. The average molecular weight is 274 g/mol. The second kappa shape index (κ2) is 6.70. The highest BCUT2D eigenvalue weighted by molar-refractivity contribution is 5.31. The molecule has 2 aromatic rings. The van der Waals surface area contributed by atoms with E-state index in [1.54, 1.807) is 0 Å². The van der Waals surface area contributed by atoms with Gasteiger partial charge in [-0.3, -0.25) is 0 Å². The highest BCUT2D eigenvalue weighted by atomic mass is 16.5. The second-order valence-electron chi connectivity index (χ2n) is 4.16. The Morgan fingerprint density at radius 3 is 1.95 bits per heavy atom. The van der Waals surface area contributed by atoms with E-state index in [0.29, 0.717) is 12.5 Å². The smallest absolute Gasteiger partial charge is 0.324 e. The van der Waals surface area contributed by atoms with Crippen molar-refractivity contribution in [1.82, 2.24) is 15.0 Å². The molecule has 0 fully saturated rings. The molecule has 0 radical (unpaired) electrons. The average Bonchev–Trinajstić information content (AvgIpc) is 2.53. The van der Waals surface area contributed by atoms with Crippen molar-refractivity contribution >= 4 is 5.95 Å². The molecule has 106 valence electrons. The summed E-state index contributed by atoms with van der Waals surface area (Å²) in [5, 5.41) is 3.13. The molecule has 1 aromatic heterocycles. The summed E-state index contributed by atoms with van der Waals surface area (Å²) in [6.07, 6.45) is 1.04. The van der Waals surface area contributed by atoms with Crippen molar-refractivity contribution in [2.45, 2.75) is 19.9 Å². The molecule has 0 amide bonds. The second-order valence-corrected chi connectivity index (χ2v) is 4.16. The Bertz CT molecular complexity index is 535. The van der Waals surface area contributed by atoms with Crippen molar-refractivity contribution in [3.8, 4) is 12.0 Å². The van der Waals surface area contributed by atoms with Crippen molar-refractivity contribution in [2.75, 3.05) is 19.5 Å². The molecule has 0 aliphatic heterocycles. The van der Waals surface area contributed by atoms with Crippen LogP contribution in [0, 0.1) is 0 Å². The number of aromatic nitrogens is 3. The summed E-state index contributed by atoms with van der Waals surface area (Å²) in [5.74, 6) is 0.424. The van der Waals surface area contributed by atoms with Gasteiger partial charge in [0, 0.05) is 6.54 Å². The minimum atomic E-state index is 0.223. The predicted molar refractivity (Wildman–Crippen MR) is 76.1 cm³/mol. The fraction of sp³-hybridized carbons (Fsp3) is 0.357. The maximum Gasteiger partial charge on any atom is 0.324 e. The lowest BCUT2D eigenvalue weighted by Gasteiger charge is -2.08. The number of methoxy groups -OCH3 is 2. The van der Waals surface area contributed by atoms with Crippen LogP contribution in [-0.4, -0.2) is 29.2 Å². The van der Waals surface area contributed by atoms with Gasteiger partial charge in [-0.25, -0.2) is 0 Å². The van der Waals surface area contributed by atoms with Crippen molar-refractivity contribution in [3.05, 3.63) is 35.4 Å². The monoisotopic (exact) mass is 274 g/mol. The van der Waals surface area contributed by atoms with E-state index in [4.69, 9.17) is 9.47 Å². The first-order chi connectivity index (χ1) is 9.75. The standard InChI is InChI=1S/C14H18N4O2/c1-4-10-5-7-11(8-6-10)9-15-12-16-13(19-2)18-14(17-12)20-3/h5-8H,4,9H2,1-3H3,(H,15,16,17,18). The number of benzene rings is 1. The third-order valence-corrected chi connectivity index (χ3v) is 2.84. The van der Waals surface area contributed by atoms with E-state index in [9.17, 15) is 0 Å². The number of nitrogens with zero attached hydrogens (tertiary/aromatic N) is 3. The highest BCUT2D eigenvalue weighted by Gasteiger charge is 2.06. The van der Waals surface area contributed by atoms with Gasteiger partial charge in [0.05, 0.1) is 14.2 Å². The number of nitrogens with one attached hydrogen (secondary N) is 1. The van der Waals surface area contributed by atoms with Crippen molar-refractivity contribution < 1.29 is 9.47 Å². The van der Waals surface area contributed by atoms with Gasteiger partial charge in [0.1, 0.15) is 0 Å². The molecule has 2 rings (SSSR count). The lowest BCUT2D eigenvalue weighted by molar-refractivity contribution is 0.341. The number of hydrogen-bond donors (Lipinski definition) is 1. The van der Waals surface area contributed by atoms with Gasteiger partial charge < -0.3 is 14.8 Å². The van der Waals surface area contributed by atoms with Gasteiger partial charge in [-0.1, -0.05) is 31.2 Å². The molecule has 6 nitrogen and oxygen atoms in total. The molecular weight excluding hydrogens is 256 g/mol. The summed E-state index contributed by atoms with van der Waals surface area (Å²) >= 11 is 0. The van der Waals surface area contributed by atoms with Gasteiger partial charge >= 0.3 is 12.0 Å². The molecule has 1 heterocycles. The summed E-state index contributed by atoms with van der Waals surface area (Å²) in [6.45, 7) is 2.76. The summed E-state index contributed by atoms with van der Waals surface area (Å²) in [7, 11) is 3.00. The topological polar surface area (TPSA) is 69.2 Å². The minimum absolute atomic E-state index is 0.223. The number of ether oxygens (including phenoxy) is 2. The van der Waals surface area contributed by atoms with Crippen molar-refractivity contribution in [3.63, 3.8) is 0 Å². The lowest BCUT2D eigenvalue weighted by atomic mass is 10.1. The van der Waals surface area contributed by atoms with E-state index >= 15 is 0 Å². The van der Waals surface area contributed by atoms with E-state index in [1.807, 2.05) is 0 Å².